The molecule has 2 unspecified atom stereocenters. The van der Waals surface area contributed by atoms with Crippen molar-refractivity contribution in [3.05, 3.63) is 64.2 Å². The Morgan fingerprint density at radius 2 is 1.70 bits per heavy atom. The molecule has 6 nitrogen and oxygen atoms in total. The highest BCUT2D eigenvalue weighted by Crippen LogP contribution is 2.32. The molecule has 3 amide bonds. The van der Waals surface area contributed by atoms with Crippen molar-refractivity contribution in [2.45, 2.75) is 39.8 Å². The Kier molecular flexibility index (Phi) is 6.01. The summed E-state index contributed by atoms with van der Waals surface area (Å²) in [6.45, 7) is 9.22. The minimum Gasteiger partial charge on any atom is -0.333 e. The molecule has 2 aromatic rings. The van der Waals surface area contributed by atoms with Crippen molar-refractivity contribution in [2.24, 2.45) is 0 Å². The first-order valence-electron chi connectivity index (χ1n) is 9.94. The smallest absolute Gasteiger partial charge is 0.266 e. The minimum atomic E-state index is -0.380. The fraction of sp³-hybridized carbons (Fsp3) is 0.348. The Balaban J connectivity index is 0.00000256. The van der Waals surface area contributed by atoms with E-state index in [1.165, 1.54) is 4.90 Å². The zero-order valence-corrected chi connectivity index (χ0v) is 18.4. The third-order valence-corrected chi connectivity index (χ3v) is 6.03. The maximum atomic E-state index is 13.1. The summed E-state index contributed by atoms with van der Waals surface area (Å²) < 4.78 is 0. The molecule has 2 aromatic carbocycles. The van der Waals surface area contributed by atoms with Crippen molar-refractivity contribution in [2.75, 3.05) is 18.0 Å². The quantitative estimate of drug-likeness (QED) is 0.746. The number of hydrogen-bond donors (Lipinski definition) is 1. The van der Waals surface area contributed by atoms with Crippen LogP contribution in [0.3, 0.4) is 0 Å². The molecule has 0 radical (unpaired) electrons. The number of hydrogen-bond acceptors (Lipinski definition) is 4. The summed E-state index contributed by atoms with van der Waals surface area (Å²) in [6.07, 6.45) is 0. The van der Waals surface area contributed by atoms with Gasteiger partial charge in [-0.15, -0.1) is 12.4 Å². The number of benzene rings is 2. The minimum absolute atomic E-state index is 0. The number of fused-ring (bicyclic) bond motifs is 1. The number of carbonyl (C=O) groups excluding carboxylic acids is 3. The van der Waals surface area contributed by atoms with E-state index in [1.54, 1.807) is 18.2 Å². The zero-order valence-electron chi connectivity index (χ0n) is 17.6. The highest BCUT2D eigenvalue weighted by Gasteiger charge is 2.38. The van der Waals surface area contributed by atoms with Gasteiger partial charge in [0.25, 0.3) is 17.7 Å². The number of anilines is 1. The molecule has 0 bridgehead atoms. The molecular formula is C23H26ClN3O3. The van der Waals surface area contributed by atoms with Crippen LogP contribution in [-0.2, 0) is 0 Å². The summed E-state index contributed by atoms with van der Waals surface area (Å²) in [5.41, 5.74) is 3.49. The second-order valence-corrected chi connectivity index (χ2v) is 7.98. The van der Waals surface area contributed by atoms with E-state index in [4.69, 9.17) is 0 Å². The Bertz CT molecular complexity index is 1040. The lowest BCUT2D eigenvalue weighted by molar-refractivity contribution is 0.0602. The monoisotopic (exact) mass is 427 g/mol. The molecule has 1 fully saturated rings. The summed E-state index contributed by atoms with van der Waals surface area (Å²) in [4.78, 5) is 42.2. The topological polar surface area (TPSA) is 69.7 Å². The number of nitrogens with one attached hydrogen (secondary N) is 1. The first kappa shape index (κ1) is 22.0. The number of rotatable bonds is 2. The van der Waals surface area contributed by atoms with Crippen LogP contribution in [0.2, 0.25) is 0 Å². The number of carbonyl (C=O) groups is 3. The van der Waals surface area contributed by atoms with Crippen LogP contribution >= 0.6 is 12.4 Å². The van der Waals surface area contributed by atoms with Crippen LogP contribution in [0, 0.1) is 13.8 Å². The van der Waals surface area contributed by atoms with E-state index in [9.17, 15) is 14.4 Å². The number of aryl methyl sites for hydroxylation is 2. The van der Waals surface area contributed by atoms with Crippen molar-refractivity contribution in [1.29, 1.82) is 0 Å². The van der Waals surface area contributed by atoms with Gasteiger partial charge in [-0.25, -0.2) is 4.90 Å². The number of nitrogens with zero attached hydrogens (tertiary/aromatic N) is 2. The van der Waals surface area contributed by atoms with Gasteiger partial charge in [0, 0.05) is 30.7 Å². The Labute approximate surface area is 182 Å². The fourth-order valence-corrected chi connectivity index (χ4v) is 4.06. The van der Waals surface area contributed by atoms with Crippen molar-refractivity contribution >= 4 is 35.8 Å². The second-order valence-electron chi connectivity index (χ2n) is 7.98. The largest absolute Gasteiger partial charge is 0.333 e. The van der Waals surface area contributed by atoms with E-state index in [0.717, 1.165) is 17.7 Å². The van der Waals surface area contributed by atoms with Gasteiger partial charge in [-0.2, -0.15) is 0 Å². The maximum absolute atomic E-state index is 13.1. The number of imide groups is 1. The fourth-order valence-electron chi connectivity index (χ4n) is 4.06. The second kappa shape index (κ2) is 8.20. The summed E-state index contributed by atoms with van der Waals surface area (Å²) in [5, 5.41) is 3.36. The van der Waals surface area contributed by atoms with E-state index in [-0.39, 0.29) is 47.8 Å². The van der Waals surface area contributed by atoms with E-state index in [0.29, 0.717) is 23.4 Å². The van der Waals surface area contributed by atoms with Gasteiger partial charge < -0.3 is 10.2 Å². The maximum Gasteiger partial charge on any atom is 0.266 e. The van der Waals surface area contributed by atoms with Crippen LogP contribution in [0.4, 0.5) is 5.69 Å². The standard InChI is InChI=1S/C23H25N3O3.ClH/c1-13-5-6-14(2)20(11-13)26-22(28)18-8-7-17(12-19(18)23(26)29)21(27)25-10-9-24-15(3)16(25)4;/h5-8,11-12,15-16,24H,9-10H2,1-4H3;1H. The van der Waals surface area contributed by atoms with Crippen LogP contribution in [0.15, 0.2) is 36.4 Å². The molecule has 30 heavy (non-hydrogen) atoms. The number of halogens is 1. The van der Waals surface area contributed by atoms with Crippen molar-refractivity contribution < 1.29 is 14.4 Å². The Morgan fingerprint density at radius 3 is 2.43 bits per heavy atom. The lowest BCUT2D eigenvalue weighted by atomic mass is 10.0. The van der Waals surface area contributed by atoms with Crippen LogP contribution in [0.25, 0.3) is 0 Å². The molecule has 2 aliphatic rings. The first-order chi connectivity index (χ1) is 13.8. The van der Waals surface area contributed by atoms with Crippen molar-refractivity contribution in [3.63, 3.8) is 0 Å². The van der Waals surface area contributed by atoms with Gasteiger partial charge in [0.2, 0.25) is 0 Å². The average Bonchev–Trinajstić information content (AvgIpc) is 2.95. The van der Waals surface area contributed by atoms with Crippen LogP contribution < -0.4 is 10.2 Å². The molecule has 1 saturated heterocycles. The highest BCUT2D eigenvalue weighted by atomic mass is 35.5. The SMILES string of the molecule is Cc1ccc(C)c(N2C(=O)c3ccc(C(=O)N4CCNC(C)C4C)cc3C2=O)c1.Cl. The van der Waals surface area contributed by atoms with E-state index in [1.807, 2.05) is 43.9 Å². The summed E-state index contributed by atoms with van der Waals surface area (Å²) >= 11 is 0. The van der Waals surface area contributed by atoms with Crippen LogP contribution in [0.1, 0.15) is 56.0 Å². The third kappa shape index (κ3) is 3.50. The van der Waals surface area contributed by atoms with Gasteiger partial charge in [0.15, 0.2) is 0 Å². The molecule has 0 aliphatic carbocycles. The summed E-state index contributed by atoms with van der Waals surface area (Å²) in [6, 6.07) is 10.8. The lowest BCUT2D eigenvalue weighted by Crippen LogP contribution is -2.57. The number of piperazine rings is 1. The van der Waals surface area contributed by atoms with Gasteiger partial charge in [0.1, 0.15) is 0 Å². The molecule has 0 saturated carbocycles. The average molecular weight is 428 g/mol. The highest BCUT2D eigenvalue weighted by molar-refractivity contribution is 6.35. The normalized spacial score (nSPS) is 20.8. The van der Waals surface area contributed by atoms with Crippen molar-refractivity contribution in [1.82, 2.24) is 10.2 Å². The molecule has 2 atom stereocenters. The van der Waals surface area contributed by atoms with E-state index < -0.39 is 0 Å². The van der Waals surface area contributed by atoms with Gasteiger partial charge in [0.05, 0.1) is 16.8 Å². The van der Waals surface area contributed by atoms with E-state index in [2.05, 4.69) is 12.2 Å². The number of amides is 3. The Hall–Kier alpha value is -2.70. The van der Waals surface area contributed by atoms with Crippen LogP contribution in [0.5, 0.6) is 0 Å². The summed E-state index contributed by atoms with van der Waals surface area (Å²) in [7, 11) is 0. The summed E-state index contributed by atoms with van der Waals surface area (Å²) in [5.74, 6) is -0.837. The molecule has 4 rings (SSSR count). The molecule has 0 spiro atoms. The first-order valence-corrected chi connectivity index (χ1v) is 9.94. The van der Waals surface area contributed by atoms with Crippen molar-refractivity contribution in [3.8, 4) is 0 Å². The van der Waals surface area contributed by atoms with Crippen LogP contribution in [-0.4, -0.2) is 47.8 Å². The predicted molar refractivity (Wildman–Crippen MR) is 119 cm³/mol. The predicted octanol–water partition coefficient (Wildman–Crippen LogP) is 3.35. The van der Waals surface area contributed by atoms with Gasteiger partial charge >= 0.3 is 0 Å². The molecule has 2 heterocycles. The van der Waals surface area contributed by atoms with E-state index >= 15 is 0 Å². The van der Waals surface area contributed by atoms with Gasteiger partial charge in [-0.3, -0.25) is 14.4 Å². The molecule has 0 aromatic heterocycles. The zero-order chi connectivity index (χ0) is 20.9. The van der Waals surface area contributed by atoms with Gasteiger partial charge in [-0.1, -0.05) is 12.1 Å². The molecular weight excluding hydrogens is 402 g/mol. The Morgan fingerprint density at radius 1 is 1.00 bits per heavy atom. The van der Waals surface area contributed by atoms with Gasteiger partial charge in [-0.05, 0) is 63.1 Å². The molecule has 2 aliphatic heterocycles. The molecule has 7 heteroatoms. The lowest BCUT2D eigenvalue weighted by Gasteiger charge is -2.38. The molecule has 158 valence electrons. The molecule has 1 N–H and O–H groups in total. The third-order valence-electron chi connectivity index (χ3n) is 6.03.